The minimum Gasteiger partial charge on any atom is -0.495 e. The van der Waals surface area contributed by atoms with Crippen molar-refractivity contribution >= 4 is 46.3 Å². The van der Waals surface area contributed by atoms with Gasteiger partial charge < -0.3 is 9.47 Å². The number of aryl methyl sites for hydroxylation is 1. The van der Waals surface area contributed by atoms with E-state index in [0.29, 0.717) is 11.6 Å². The Hall–Kier alpha value is -4.21. The molecule has 262 valence electrons. The molecule has 0 saturated carbocycles. The van der Waals surface area contributed by atoms with Gasteiger partial charge >= 0.3 is 0 Å². The highest BCUT2D eigenvalue weighted by molar-refractivity contribution is 7.86. The molecule has 19 heteroatoms. The maximum atomic E-state index is 13.2. The van der Waals surface area contributed by atoms with Crippen molar-refractivity contribution in [3.63, 3.8) is 0 Å². The summed E-state index contributed by atoms with van der Waals surface area (Å²) in [6.45, 7) is 4.66. The zero-order valence-electron chi connectivity index (χ0n) is 25.8. The van der Waals surface area contributed by atoms with Gasteiger partial charge in [0.2, 0.25) is 0 Å². The van der Waals surface area contributed by atoms with Crippen molar-refractivity contribution in [1.29, 1.82) is 0 Å². The van der Waals surface area contributed by atoms with Gasteiger partial charge in [0.15, 0.2) is 5.78 Å². The lowest BCUT2D eigenvalue weighted by Crippen LogP contribution is -2.20. The van der Waals surface area contributed by atoms with Crippen LogP contribution in [0.2, 0.25) is 0 Å². The molecule has 0 aliphatic carbocycles. The van der Waals surface area contributed by atoms with E-state index in [0.717, 1.165) is 49.6 Å². The van der Waals surface area contributed by atoms with E-state index in [2.05, 4.69) is 0 Å². The molecule has 0 heterocycles. The van der Waals surface area contributed by atoms with Crippen molar-refractivity contribution in [3.8, 4) is 17.2 Å². The average Bonchev–Trinajstić information content (AvgIpc) is 2.98. The van der Waals surface area contributed by atoms with Crippen molar-refractivity contribution in [2.45, 2.75) is 45.8 Å². The molecule has 4 rings (SSSR count). The summed E-state index contributed by atoms with van der Waals surface area (Å²) < 4.78 is 147. The van der Waals surface area contributed by atoms with E-state index in [1.54, 1.807) is 19.9 Å². The molecule has 0 amide bonds. The number of benzene rings is 4. The summed E-state index contributed by atoms with van der Waals surface area (Å²) in [5.74, 6) is -2.53. The van der Waals surface area contributed by atoms with Crippen molar-refractivity contribution in [2.75, 3.05) is 7.11 Å². The molecule has 0 bridgehead atoms. The van der Waals surface area contributed by atoms with E-state index in [-0.39, 0.29) is 27.3 Å². The van der Waals surface area contributed by atoms with E-state index in [4.69, 9.17) is 9.47 Å². The lowest BCUT2D eigenvalue weighted by atomic mass is 9.78. The predicted molar refractivity (Wildman–Crippen MR) is 172 cm³/mol. The topological polar surface area (TPSA) is 253 Å². The second kappa shape index (κ2) is 12.9. The number of carbonyl (C=O) groups excluding carboxylic acids is 1. The maximum absolute atomic E-state index is 13.2. The van der Waals surface area contributed by atoms with Crippen LogP contribution in [0.15, 0.2) is 92.4 Å². The van der Waals surface area contributed by atoms with Crippen LogP contribution in [-0.2, 0) is 45.9 Å². The molecular weight excluding hydrogens is 729 g/mol. The molecular formula is C30H28O15S4. The molecule has 4 aromatic carbocycles. The van der Waals surface area contributed by atoms with Gasteiger partial charge in [0.05, 0.1) is 12.0 Å². The summed E-state index contributed by atoms with van der Waals surface area (Å²) in [6, 6.07) is 13.2. The van der Waals surface area contributed by atoms with Gasteiger partial charge in [0.1, 0.15) is 31.9 Å². The number of ketones is 1. The Bertz CT molecular complexity index is 2450. The van der Waals surface area contributed by atoms with Crippen LogP contribution in [0.25, 0.3) is 0 Å². The molecule has 0 aliphatic rings. The molecule has 49 heavy (non-hydrogen) atoms. The van der Waals surface area contributed by atoms with Crippen LogP contribution in [-0.4, -0.2) is 64.8 Å². The standard InChI is InChI=1S/C30H28O15S4/c1-17-5-8-20(15-25(17)46(32,33)34)30(2,3)21-9-12-24(28(16-21)49(41,42)43)45-23-11-7-19(14-27(23)48(38,39)40)29(31)18-6-10-22(44-4)26(13-18)47(35,36)37/h5-16H,1-4H3,(H,32,33,34)(H,35,36,37)(H,38,39,40)(H,41,42,43). The third-order valence-electron chi connectivity index (χ3n) is 7.54. The van der Waals surface area contributed by atoms with Crippen molar-refractivity contribution in [1.82, 2.24) is 0 Å². The van der Waals surface area contributed by atoms with Gasteiger partial charge in [-0.3, -0.25) is 23.0 Å². The van der Waals surface area contributed by atoms with Crippen molar-refractivity contribution in [3.05, 3.63) is 101 Å². The highest BCUT2D eigenvalue weighted by Crippen LogP contribution is 2.39. The minimum absolute atomic E-state index is 0.206. The number of ether oxygens (including phenoxy) is 2. The smallest absolute Gasteiger partial charge is 0.298 e. The van der Waals surface area contributed by atoms with Crippen LogP contribution in [0.4, 0.5) is 0 Å². The van der Waals surface area contributed by atoms with Crippen LogP contribution in [0.5, 0.6) is 17.2 Å². The predicted octanol–water partition coefficient (Wildman–Crippen LogP) is 4.34. The summed E-state index contributed by atoms with van der Waals surface area (Å²) in [5.41, 5.74) is -1.09. The van der Waals surface area contributed by atoms with Crippen LogP contribution in [0.3, 0.4) is 0 Å². The minimum atomic E-state index is -5.18. The normalized spacial score (nSPS) is 12.8. The van der Waals surface area contributed by atoms with Gasteiger partial charge in [-0.2, -0.15) is 33.7 Å². The molecule has 0 unspecified atom stereocenters. The van der Waals surface area contributed by atoms with E-state index < -0.39 is 83.4 Å². The quantitative estimate of drug-likeness (QED) is 0.123. The molecule has 4 N–H and O–H groups in total. The lowest BCUT2D eigenvalue weighted by Gasteiger charge is -2.27. The van der Waals surface area contributed by atoms with Crippen LogP contribution >= 0.6 is 0 Å². The van der Waals surface area contributed by atoms with Gasteiger partial charge in [0.25, 0.3) is 40.5 Å². The molecule has 0 saturated heterocycles. The molecule has 0 aromatic heterocycles. The molecule has 0 atom stereocenters. The highest BCUT2D eigenvalue weighted by atomic mass is 32.2. The second-order valence-electron chi connectivity index (χ2n) is 11.1. The zero-order chi connectivity index (χ0) is 36.9. The van der Waals surface area contributed by atoms with Gasteiger partial charge in [-0.25, -0.2) is 0 Å². The van der Waals surface area contributed by atoms with Crippen molar-refractivity contribution < 1.29 is 66.2 Å². The van der Waals surface area contributed by atoms with Crippen LogP contribution in [0.1, 0.15) is 46.5 Å². The Morgan fingerprint density at radius 3 is 1.37 bits per heavy atom. The SMILES string of the molecule is COc1ccc(C(=O)c2ccc(Oc3ccc(C(C)(C)c4ccc(C)c(S(=O)(=O)O)c4)cc3S(=O)(=O)O)c(S(=O)(=O)O)c2)cc1S(=O)(=O)O. The Morgan fingerprint density at radius 2 is 0.918 bits per heavy atom. The number of rotatable bonds is 11. The Morgan fingerprint density at radius 1 is 0.551 bits per heavy atom. The molecule has 0 fully saturated rings. The van der Waals surface area contributed by atoms with Crippen molar-refractivity contribution in [2.24, 2.45) is 0 Å². The van der Waals surface area contributed by atoms with E-state index in [9.17, 15) is 56.7 Å². The average molecular weight is 757 g/mol. The Balaban J connectivity index is 1.81. The number of hydrogen-bond donors (Lipinski definition) is 4. The van der Waals surface area contributed by atoms with Gasteiger partial charge in [-0.05, 0) is 78.2 Å². The van der Waals surface area contributed by atoms with Crippen LogP contribution in [0, 0.1) is 6.92 Å². The molecule has 0 aliphatic heterocycles. The largest absolute Gasteiger partial charge is 0.495 e. The van der Waals surface area contributed by atoms with Gasteiger partial charge in [0, 0.05) is 16.5 Å². The van der Waals surface area contributed by atoms with Gasteiger partial charge in [-0.15, -0.1) is 0 Å². The summed E-state index contributed by atoms with van der Waals surface area (Å²) >= 11 is 0. The molecule has 4 aromatic rings. The number of methoxy groups -OCH3 is 1. The molecule has 15 nitrogen and oxygen atoms in total. The summed E-state index contributed by atoms with van der Waals surface area (Å²) in [5, 5.41) is 0. The number of carbonyl (C=O) groups is 1. The summed E-state index contributed by atoms with van der Waals surface area (Å²) in [4.78, 5) is 10.2. The summed E-state index contributed by atoms with van der Waals surface area (Å²) in [7, 11) is -18.6. The third-order valence-corrected chi connectivity index (χ3v) is 11.2. The first-order valence-electron chi connectivity index (χ1n) is 13.6. The monoisotopic (exact) mass is 756 g/mol. The first-order valence-corrected chi connectivity index (χ1v) is 19.3. The van der Waals surface area contributed by atoms with E-state index in [1.807, 2.05) is 0 Å². The fraction of sp³-hybridized carbons (Fsp3) is 0.167. The second-order valence-corrected chi connectivity index (χ2v) is 16.7. The first-order chi connectivity index (χ1) is 22.4. The Labute approximate surface area is 282 Å². The van der Waals surface area contributed by atoms with Gasteiger partial charge in [-0.1, -0.05) is 32.0 Å². The fourth-order valence-electron chi connectivity index (χ4n) is 4.86. The Kier molecular flexibility index (Phi) is 9.91. The van der Waals surface area contributed by atoms with E-state index in [1.165, 1.54) is 25.1 Å². The first kappa shape index (κ1) is 37.6. The number of hydrogen-bond acceptors (Lipinski definition) is 11. The zero-order valence-corrected chi connectivity index (χ0v) is 29.1. The fourth-order valence-corrected chi connectivity index (χ4v) is 7.57. The molecule has 0 radical (unpaired) electrons. The van der Waals surface area contributed by atoms with E-state index >= 15 is 0 Å². The molecule has 0 spiro atoms. The summed E-state index contributed by atoms with van der Waals surface area (Å²) in [6.07, 6.45) is 0. The third kappa shape index (κ3) is 8.00. The highest BCUT2D eigenvalue weighted by Gasteiger charge is 2.30. The van der Waals surface area contributed by atoms with Crippen LogP contribution < -0.4 is 9.47 Å². The lowest BCUT2D eigenvalue weighted by molar-refractivity contribution is 0.103. The maximum Gasteiger partial charge on any atom is 0.298 e.